The fraction of sp³-hybridized carbons (Fsp3) is 1.00. The van der Waals surface area contributed by atoms with Gasteiger partial charge in [-0.25, -0.2) is 8.78 Å². The molecule has 0 radical (unpaired) electrons. The zero-order valence-electron chi connectivity index (χ0n) is 10.2. The Hall–Kier alpha value is -0.220. The van der Waals surface area contributed by atoms with Crippen LogP contribution in [0, 0.1) is 23.7 Å². The number of rotatable bonds is 4. The van der Waals surface area contributed by atoms with Crippen molar-refractivity contribution in [1.29, 1.82) is 0 Å². The van der Waals surface area contributed by atoms with Gasteiger partial charge in [-0.05, 0) is 55.8 Å². The van der Waals surface area contributed by atoms with Gasteiger partial charge in [-0.2, -0.15) is 0 Å². The summed E-state index contributed by atoms with van der Waals surface area (Å²) in [6.45, 7) is 0.327. The van der Waals surface area contributed by atoms with Crippen molar-refractivity contribution in [2.45, 2.75) is 44.1 Å². The molecule has 0 aromatic heterocycles. The monoisotopic (exact) mass is 244 g/mol. The molecule has 4 heteroatoms. The lowest BCUT2D eigenvalue weighted by Gasteiger charge is -2.61. The summed E-state index contributed by atoms with van der Waals surface area (Å²) in [6.07, 6.45) is 3.94. The average Bonchev–Trinajstić information content (AvgIpc) is 2.28. The molecule has 4 fully saturated rings. The van der Waals surface area contributed by atoms with Gasteiger partial charge in [-0.3, -0.25) is 0 Å². The van der Waals surface area contributed by atoms with Crippen molar-refractivity contribution in [2.24, 2.45) is 29.4 Å². The molecule has 2 nitrogen and oxygen atoms in total. The van der Waals surface area contributed by atoms with E-state index in [1.807, 2.05) is 0 Å². The van der Waals surface area contributed by atoms with E-state index >= 15 is 0 Å². The fourth-order valence-corrected chi connectivity index (χ4v) is 4.99. The topological polar surface area (TPSA) is 38.0 Å². The molecule has 4 saturated carbocycles. The summed E-state index contributed by atoms with van der Waals surface area (Å²) in [5.74, 6) is 2.79. The minimum absolute atomic E-state index is 0.177. The smallest absolute Gasteiger partial charge is 0.250 e. The second kappa shape index (κ2) is 4.16. The quantitative estimate of drug-likeness (QED) is 0.793. The van der Waals surface area contributed by atoms with Crippen LogP contribution in [0.4, 0.5) is 8.78 Å². The van der Waals surface area contributed by atoms with Crippen LogP contribution in [0.25, 0.3) is 0 Å². The Morgan fingerprint density at radius 2 is 1.59 bits per heavy atom. The van der Waals surface area contributed by atoms with Crippen LogP contribution in [-0.4, -0.2) is 25.1 Å². The highest BCUT2D eigenvalue weighted by Gasteiger charge is 2.56. The number of nitrogens with one attached hydrogen (secondary N) is 1. The third-order valence-electron chi connectivity index (χ3n) is 5.52. The first-order valence-electron chi connectivity index (χ1n) is 6.87. The predicted octanol–water partition coefficient (Wildman–Crippen LogP) is 1.99. The van der Waals surface area contributed by atoms with Crippen molar-refractivity contribution >= 4 is 0 Å². The molecule has 4 bridgehead atoms. The largest absolute Gasteiger partial charge is 0.329 e. The zero-order valence-corrected chi connectivity index (χ0v) is 10.2. The molecular formula is C13H22F2N2. The minimum atomic E-state index is -2.27. The van der Waals surface area contributed by atoms with Crippen molar-refractivity contribution < 1.29 is 8.78 Å². The predicted molar refractivity (Wildman–Crippen MR) is 62.8 cm³/mol. The van der Waals surface area contributed by atoms with E-state index in [2.05, 4.69) is 5.32 Å². The molecule has 4 rings (SSSR count). The van der Waals surface area contributed by atoms with Gasteiger partial charge in [0, 0.05) is 12.1 Å². The summed E-state index contributed by atoms with van der Waals surface area (Å²) in [6, 6.07) is 0. The third kappa shape index (κ3) is 1.80. The lowest BCUT2D eigenvalue weighted by molar-refractivity contribution is -0.0737. The highest BCUT2D eigenvalue weighted by Crippen LogP contribution is 2.57. The molecule has 0 unspecified atom stereocenters. The van der Waals surface area contributed by atoms with Gasteiger partial charge in [0.05, 0.1) is 6.54 Å². The standard InChI is InChI=1S/C13H22F2N2/c14-12(15)6-17-13(7-16)10-2-8-1-9(4-10)5-11(13)3-8/h8-12,17H,1-7,16H2. The molecule has 0 aliphatic heterocycles. The van der Waals surface area contributed by atoms with E-state index in [0.717, 1.165) is 11.8 Å². The Kier molecular flexibility index (Phi) is 2.90. The molecule has 0 amide bonds. The second-order valence-corrected chi connectivity index (χ2v) is 6.32. The molecule has 4 aliphatic rings. The van der Waals surface area contributed by atoms with Gasteiger partial charge >= 0.3 is 0 Å². The van der Waals surface area contributed by atoms with Gasteiger partial charge in [-0.1, -0.05) is 0 Å². The molecule has 0 aromatic carbocycles. The molecule has 0 heterocycles. The number of hydrogen-bond donors (Lipinski definition) is 2. The van der Waals surface area contributed by atoms with E-state index in [9.17, 15) is 8.78 Å². The summed E-state index contributed by atoms with van der Waals surface area (Å²) in [5, 5.41) is 3.15. The molecular weight excluding hydrogens is 222 g/mol. The molecule has 0 saturated heterocycles. The number of halogens is 2. The fourth-order valence-electron chi connectivity index (χ4n) is 4.99. The lowest BCUT2D eigenvalue weighted by Crippen LogP contribution is -2.68. The normalized spacial score (nSPS) is 48.0. The highest BCUT2D eigenvalue weighted by molar-refractivity contribution is 5.11. The van der Waals surface area contributed by atoms with Crippen LogP contribution in [0.3, 0.4) is 0 Å². The summed E-state index contributed by atoms with van der Waals surface area (Å²) >= 11 is 0. The highest BCUT2D eigenvalue weighted by atomic mass is 19.3. The van der Waals surface area contributed by atoms with Crippen molar-refractivity contribution in [2.75, 3.05) is 13.1 Å². The van der Waals surface area contributed by atoms with Crippen LogP contribution in [0.5, 0.6) is 0 Å². The maximum atomic E-state index is 12.5. The first-order chi connectivity index (χ1) is 8.14. The number of nitrogens with two attached hydrogens (primary N) is 1. The minimum Gasteiger partial charge on any atom is -0.329 e. The SMILES string of the molecule is NCC1(NCC(F)F)C2CC3CC(C2)CC1C3. The Balaban J connectivity index is 1.79. The van der Waals surface area contributed by atoms with E-state index in [1.54, 1.807) is 0 Å². The van der Waals surface area contributed by atoms with Crippen LogP contribution in [0.15, 0.2) is 0 Å². The van der Waals surface area contributed by atoms with Crippen LogP contribution in [0.1, 0.15) is 32.1 Å². The molecule has 3 N–H and O–H groups in total. The Bertz CT molecular complexity index is 265. The summed E-state index contributed by atoms with van der Waals surface area (Å²) in [4.78, 5) is 0. The number of alkyl halides is 2. The Morgan fingerprint density at radius 3 is 2.00 bits per heavy atom. The first kappa shape index (κ1) is 11.8. The van der Waals surface area contributed by atoms with Gasteiger partial charge in [0.2, 0.25) is 0 Å². The van der Waals surface area contributed by atoms with E-state index in [-0.39, 0.29) is 12.1 Å². The first-order valence-corrected chi connectivity index (χ1v) is 6.87. The Labute approximate surface area is 101 Å². The van der Waals surface area contributed by atoms with Gasteiger partial charge < -0.3 is 11.1 Å². The maximum absolute atomic E-state index is 12.5. The molecule has 17 heavy (non-hydrogen) atoms. The van der Waals surface area contributed by atoms with Crippen molar-refractivity contribution in [3.63, 3.8) is 0 Å². The van der Waals surface area contributed by atoms with Gasteiger partial charge in [0.25, 0.3) is 6.43 Å². The lowest BCUT2D eigenvalue weighted by atomic mass is 9.48. The van der Waals surface area contributed by atoms with E-state index in [4.69, 9.17) is 5.73 Å². The van der Waals surface area contributed by atoms with Crippen LogP contribution in [-0.2, 0) is 0 Å². The molecule has 98 valence electrons. The molecule has 0 atom stereocenters. The van der Waals surface area contributed by atoms with Crippen molar-refractivity contribution in [3.8, 4) is 0 Å². The van der Waals surface area contributed by atoms with Crippen LogP contribution in [0.2, 0.25) is 0 Å². The second-order valence-electron chi connectivity index (χ2n) is 6.32. The van der Waals surface area contributed by atoms with E-state index in [1.165, 1.54) is 32.1 Å². The zero-order chi connectivity index (χ0) is 12.0. The van der Waals surface area contributed by atoms with Gasteiger partial charge in [-0.15, -0.1) is 0 Å². The van der Waals surface area contributed by atoms with Gasteiger partial charge in [0.15, 0.2) is 0 Å². The van der Waals surface area contributed by atoms with Crippen molar-refractivity contribution in [1.82, 2.24) is 5.32 Å². The molecule has 0 aromatic rings. The van der Waals surface area contributed by atoms with Gasteiger partial charge in [0.1, 0.15) is 0 Å². The summed E-state index contributed by atoms with van der Waals surface area (Å²) in [7, 11) is 0. The van der Waals surface area contributed by atoms with Crippen LogP contribution < -0.4 is 11.1 Å². The molecule has 0 spiro atoms. The van der Waals surface area contributed by atoms with E-state index in [0.29, 0.717) is 18.4 Å². The van der Waals surface area contributed by atoms with Crippen LogP contribution >= 0.6 is 0 Å². The summed E-state index contributed by atoms with van der Waals surface area (Å²) in [5.41, 5.74) is 5.79. The molecule has 4 aliphatic carbocycles. The Morgan fingerprint density at radius 1 is 1.06 bits per heavy atom. The average molecular weight is 244 g/mol. The van der Waals surface area contributed by atoms with Crippen molar-refractivity contribution in [3.05, 3.63) is 0 Å². The third-order valence-corrected chi connectivity index (χ3v) is 5.52. The maximum Gasteiger partial charge on any atom is 0.250 e. The van der Waals surface area contributed by atoms with E-state index < -0.39 is 6.43 Å². The number of hydrogen-bond acceptors (Lipinski definition) is 2. The summed E-state index contributed by atoms with van der Waals surface area (Å²) < 4.78 is 24.9.